The van der Waals surface area contributed by atoms with Gasteiger partial charge in [-0.05, 0) is 49.4 Å². The zero-order valence-electron chi connectivity index (χ0n) is 15.9. The Morgan fingerprint density at radius 1 is 1.21 bits per heavy atom. The van der Waals surface area contributed by atoms with Crippen molar-refractivity contribution in [1.29, 1.82) is 0 Å². The van der Waals surface area contributed by atoms with Crippen LogP contribution >= 0.6 is 11.8 Å². The number of amides is 1. The van der Waals surface area contributed by atoms with Crippen LogP contribution in [-0.4, -0.2) is 29.3 Å². The van der Waals surface area contributed by atoms with E-state index in [4.69, 9.17) is 4.74 Å². The predicted octanol–water partition coefficient (Wildman–Crippen LogP) is 4.49. The third-order valence-electron chi connectivity index (χ3n) is 4.07. The summed E-state index contributed by atoms with van der Waals surface area (Å²) in [7, 11) is 1.33. The van der Waals surface area contributed by atoms with E-state index in [9.17, 15) is 14.0 Å². The van der Waals surface area contributed by atoms with Crippen LogP contribution in [0.1, 0.15) is 13.3 Å². The number of thioether (sulfide) groups is 1. The van der Waals surface area contributed by atoms with E-state index >= 15 is 0 Å². The maximum Gasteiger partial charge on any atom is 0.311 e. The van der Waals surface area contributed by atoms with Crippen LogP contribution in [0.4, 0.5) is 21.5 Å². The molecule has 1 aliphatic heterocycles. The molecule has 0 aliphatic carbocycles. The van der Waals surface area contributed by atoms with Crippen LogP contribution in [0.5, 0.6) is 0 Å². The van der Waals surface area contributed by atoms with Gasteiger partial charge in [0.05, 0.1) is 35.2 Å². The van der Waals surface area contributed by atoms with Crippen molar-refractivity contribution >= 4 is 45.7 Å². The standard InChI is InChI=1S/C21H20FN3O3S/c1-13(21(27)24-15-9-7-14(22)8-10-15)29-19-11-16(12-20(26)28-2)23-17-5-3-4-6-18(17)25-19/h3-11,13,23H,12H2,1-2H3,(H,24,27). The molecule has 8 heteroatoms. The lowest BCUT2D eigenvalue weighted by Crippen LogP contribution is -2.23. The van der Waals surface area contributed by atoms with Gasteiger partial charge >= 0.3 is 5.97 Å². The number of nitrogens with zero attached hydrogens (tertiary/aromatic N) is 1. The van der Waals surface area contributed by atoms with Gasteiger partial charge in [0.2, 0.25) is 5.91 Å². The van der Waals surface area contributed by atoms with Crippen molar-refractivity contribution in [3.05, 3.63) is 66.1 Å². The second-order valence-electron chi connectivity index (χ2n) is 6.27. The number of anilines is 2. The van der Waals surface area contributed by atoms with E-state index in [0.29, 0.717) is 22.1 Å². The molecule has 0 saturated carbocycles. The fourth-order valence-corrected chi connectivity index (χ4v) is 3.47. The lowest BCUT2D eigenvalue weighted by molar-refractivity contribution is -0.139. The summed E-state index contributed by atoms with van der Waals surface area (Å²) in [5.74, 6) is -0.986. The van der Waals surface area contributed by atoms with Gasteiger partial charge in [-0.3, -0.25) is 9.59 Å². The van der Waals surface area contributed by atoms with Crippen LogP contribution in [-0.2, 0) is 14.3 Å². The molecule has 1 atom stereocenters. The summed E-state index contributed by atoms with van der Waals surface area (Å²) in [5.41, 5.74) is 2.61. The van der Waals surface area contributed by atoms with E-state index in [0.717, 1.165) is 5.69 Å². The molecule has 0 fully saturated rings. The summed E-state index contributed by atoms with van der Waals surface area (Å²) in [4.78, 5) is 28.9. The van der Waals surface area contributed by atoms with Gasteiger partial charge in [-0.2, -0.15) is 0 Å². The quantitative estimate of drug-likeness (QED) is 0.706. The predicted molar refractivity (Wildman–Crippen MR) is 114 cm³/mol. The molecule has 3 rings (SSSR count). The van der Waals surface area contributed by atoms with Gasteiger partial charge in [0.25, 0.3) is 0 Å². The first kappa shape index (κ1) is 20.6. The van der Waals surface area contributed by atoms with E-state index in [2.05, 4.69) is 15.6 Å². The molecule has 2 aromatic rings. The zero-order chi connectivity index (χ0) is 20.8. The fraction of sp³-hybridized carbons (Fsp3) is 0.190. The average molecular weight is 413 g/mol. The Morgan fingerprint density at radius 3 is 2.66 bits per heavy atom. The minimum atomic E-state index is -0.473. The van der Waals surface area contributed by atoms with Crippen LogP contribution in [0.3, 0.4) is 0 Å². The molecule has 150 valence electrons. The second-order valence-corrected chi connectivity index (χ2v) is 7.63. The third-order valence-corrected chi connectivity index (χ3v) is 5.09. The molecule has 1 amide bonds. The molecule has 0 bridgehead atoms. The largest absolute Gasteiger partial charge is 0.469 e. The maximum atomic E-state index is 13.0. The maximum absolute atomic E-state index is 13.0. The first-order valence-corrected chi connectivity index (χ1v) is 9.78. The zero-order valence-corrected chi connectivity index (χ0v) is 16.8. The molecular formula is C21H20FN3O3S. The summed E-state index contributed by atoms with van der Waals surface area (Å²) in [6.07, 6.45) is 1.80. The minimum absolute atomic E-state index is 0.0561. The molecule has 2 N–H and O–H groups in total. The number of benzene rings is 2. The molecule has 2 aromatic carbocycles. The molecule has 1 unspecified atom stereocenters. The van der Waals surface area contributed by atoms with Crippen LogP contribution in [0.25, 0.3) is 0 Å². The molecule has 1 heterocycles. The van der Waals surface area contributed by atoms with Gasteiger partial charge in [-0.1, -0.05) is 23.9 Å². The van der Waals surface area contributed by atoms with Crippen molar-refractivity contribution in [3.8, 4) is 0 Å². The van der Waals surface area contributed by atoms with Crippen LogP contribution in [0.2, 0.25) is 0 Å². The molecule has 0 radical (unpaired) electrons. The first-order valence-electron chi connectivity index (χ1n) is 8.90. The number of carbonyl (C=O) groups excluding carboxylic acids is 2. The van der Waals surface area contributed by atoms with E-state index in [-0.39, 0.29) is 24.1 Å². The number of hydrogen-bond acceptors (Lipinski definition) is 6. The molecule has 6 nitrogen and oxygen atoms in total. The average Bonchev–Trinajstić information content (AvgIpc) is 2.87. The minimum Gasteiger partial charge on any atom is -0.469 e. The molecule has 0 spiro atoms. The first-order chi connectivity index (χ1) is 13.9. The number of hydrogen-bond donors (Lipinski definition) is 2. The van der Waals surface area contributed by atoms with Crippen LogP contribution in [0.15, 0.2) is 65.3 Å². The molecule has 29 heavy (non-hydrogen) atoms. The Kier molecular flexibility index (Phi) is 6.66. The Morgan fingerprint density at radius 2 is 1.93 bits per heavy atom. The Bertz CT molecular complexity index is 973. The SMILES string of the molecule is COC(=O)CC1=CC(SC(C)C(=O)Nc2ccc(F)cc2)=Nc2ccccc2N1. The molecular weight excluding hydrogens is 393 g/mol. The lowest BCUT2D eigenvalue weighted by atomic mass is 10.2. The van der Waals surface area contributed by atoms with Gasteiger partial charge in [-0.15, -0.1) is 0 Å². The van der Waals surface area contributed by atoms with Gasteiger partial charge in [0, 0.05) is 11.4 Å². The van der Waals surface area contributed by atoms with Crippen molar-refractivity contribution in [2.45, 2.75) is 18.6 Å². The van der Waals surface area contributed by atoms with Gasteiger partial charge in [-0.25, -0.2) is 9.38 Å². The van der Waals surface area contributed by atoms with E-state index in [1.54, 1.807) is 13.0 Å². The van der Waals surface area contributed by atoms with Crippen LogP contribution in [0, 0.1) is 5.82 Å². The van der Waals surface area contributed by atoms with Crippen molar-refractivity contribution in [2.24, 2.45) is 4.99 Å². The van der Waals surface area contributed by atoms with Crippen molar-refractivity contribution in [1.82, 2.24) is 0 Å². The summed E-state index contributed by atoms with van der Waals surface area (Å²) in [5, 5.41) is 6.07. The topological polar surface area (TPSA) is 79.8 Å². The fourth-order valence-electron chi connectivity index (χ4n) is 2.58. The lowest BCUT2D eigenvalue weighted by Gasteiger charge is -2.12. The third kappa shape index (κ3) is 5.68. The van der Waals surface area contributed by atoms with Gasteiger partial charge < -0.3 is 15.4 Å². The van der Waals surface area contributed by atoms with E-state index in [1.165, 1.54) is 43.1 Å². The summed E-state index contributed by atoms with van der Waals surface area (Å²) in [6.45, 7) is 1.75. The Labute approximate surface area is 172 Å². The monoisotopic (exact) mass is 413 g/mol. The normalized spacial score (nSPS) is 13.8. The second kappa shape index (κ2) is 9.38. The highest BCUT2D eigenvalue weighted by Gasteiger charge is 2.19. The molecule has 0 aromatic heterocycles. The molecule has 0 saturated heterocycles. The molecule has 1 aliphatic rings. The number of halogens is 1. The van der Waals surface area contributed by atoms with Crippen molar-refractivity contribution in [2.75, 3.05) is 17.7 Å². The number of ether oxygens (including phenoxy) is 1. The number of rotatable bonds is 5. The number of nitrogens with one attached hydrogen (secondary N) is 2. The number of fused-ring (bicyclic) bond motifs is 1. The summed E-state index contributed by atoms with van der Waals surface area (Å²) >= 11 is 1.26. The Balaban J connectivity index is 1.77. The van der Waals surface area contributed by atoms with Gasteiger partial charge in [0.15, 0.2) is 0 Å². The van der Waals surface area contributed by atoms with Gasteiger partial charge in [0.1, 0.15) is 5.82 Å². The number of carbonyl (C=O) groups is 2. The number of para-hydroxylation sites is 2. The summed E-state index contributed by atoms with van der Waals surface area (Å²) in [6, 6.07) is 13.0. The highest BCUT2D eigenvalue weighted by atomic mass is 32.2. The highest BCUT2D eigenvalue weighted by molar-refractivity contribution is 8.15. The Hall–Kier alpha value is -3.13. The number of methoxy groups -OCH3 is 1. The number of aliphatic imine (C=N–C) groups is 1. The van der Waals surface area contributed by atoms with Crippen molar-refractivity contribution in [3.63, 3.8) is 0 Å². The van der Waals surface area contributed by atoms with Crippen molar-refractivity contribution < 1.29 is 18.7 Å². The van der Waals surface area contributed by atoms with E-state index < -0.39 is 5.25 Å². The van der Waals surface area contributed by atoms with E-state index in [1.807, 2.05) is 24.3 Å². The smallest absolute Gasteiger partial charge is 0.311 e. The summed E-state index contributed by atoms with van der Waals surface area (Å²) < 4.78 is 17.8. The highest BCUT2D eigenvalue weighted by Crippen LogP contribution is 2.32. The van der Waals surface area contributed by atoms with Crippen LogP contribution < -0.4 is 10.6 Å². The number of esters is 1.